The summed E-state index contributed by atoms with van der Waals surface area (Å²) < 4.78 is 10.6. The zero-order chi connectivity index (χ0) is 16.3. The predicted octanol–water partition coefficient (Wildman–Crippen LogP) is 3.77. The Bertz CT molecular complexity index is 543. The number of hydrogen-bond donors (Lipinski definition) is 1. The van der Waals surface area contributed by atoms with Gasteiger partial charge in [-0.1, -0.05) is 11.6 Å². The minimum absolute atomic E-state index is 0.193. The number of anilines is 1. The van der Waals surface area contributed by atoms with E-state index in [2.05, 4.69) is 5.32 Å². The number of nitrogens with one attached hydrogen (secondary N) is 1. The Labute approximate surface area is 136 Å². The van der Waals surface area contributed by atoms with Crippen LogP contribution in [0.3, 0.4) is 0 Å². The number of rotatable bonds is 3. The quantitative estimate of drug-likeness (QED) is 0.918. The summed E-state index contributed by atoms with van der Waals surface area (Å²) in [6, 6.07) is 5.75. The van der Waals surface area contributed by atoms with E-state index in [9.17, 15) is 4.79 Å². The van der Waals surface area contributed by atoms with Crippen LogP contribution in [0.25, 0.3) is 0 Å². The summed E-state index contributed by atoms with van der Waals surface area (Å²) in [6.45, 7) is 6.93. The summed E-state index contributed by atoms with van der Waals surface area (Å²) in [7, 11) is 1.59. The van der Waals surface area contributed by atoms with Crippen molar-refractivity contribution in [3.8, 4) is 5.75 Å². The first-order valence-electron chi connectivity index (χ1n) is 7.36. The van der Waals surface area contributed by atoms with Crippen LogP contribution in [0.5, 0.6) is 5.75 Å². The molecule has 2 rings (SSSR count). The molecule has 1 aliphatic rings. The molecule has 0 spiro atoms. The average Bonchev–Trinajstić information content (AvgIpc) is 2.87. The number of carbonyl (C=O) groups is 1. The second kappa shape index (κ2) is 6.65. The highest BCUT2D eigenvalue weighted by molar-refractivity contribution is 6.32. The molecule has 1 aliphatic heterocycles. The van der Waals surface area contributed by atoms with Crippen molar-refractivity contribution >= 4 is 23.4 Å². The number of benzene rings is 1. The number of nitrogens with zero attached hydrogens (tertiary/aromatic N) is 1. The van der Waals surface area contributed by atoms with Gasteiger partial charge in [-0.25, -0.2) is 4.79 Å². The second-order valence-electron chi connectivity index (χ2n) is 6.41. The smallest absolute Gasteiger partial charge is 0.410 e. The second-order valence-corrected chi connectivity index (χ2v) is 6.81. The van der Waals surface area contributed by atoms with Gasteiger partial charge in [-0.2, -0.15) is 0 Å². The van der Waals surface area contributed by atoms with Gasteiger partial charge in [0.25, 0.3) is 0 Å². The third-order valence-corrected chi connectivity index (χ3v) is 3.67. The van der Waals surface area contributed by atoms with E-state index < -0.39 is 5.60 Å². The number of halogens is 1. The van der Waals surface area contributed by atoms with Gasteiger partial charge >= 0.3 is 6.09 Å². The maximum atomic E-state index is 12.0. The van der Waals surface area contributed by atoms with E-state index in [1.165, 1.54) is 0 Å². The molecule has 1 heterocycles. The van der Waals surface area contributed by atoms with E-state index in [0.717, 1.165) is 12.1 Å². The highest BCUT2D eigenvalue weighted by atomic mass is 35.5. The average molecular weight is 327 g/mol. The third kappa shape index (κ3) is 4.44. The van der Waals surface area contributed by atoms with Gasteiger partial charge in [0.2, 0.25) is 0 Å². The molecular formula is C16H23ClN2O3. The van der Waals surface area contributed by atoms with Gasteiger partial charge < -0.3 is 19.7 Å². The molecular weight excluding hydrogens is 304 g/mol. The molecule has 1 fully saturated rings. The Hall–Kier alpha value is -1.62. The lowest BCUT2D eigenvalue weighted by Crippen LogP contribution is -2.36. The van der Waals surface area contributed by atoms with Crippen LogP contribution in [0.4, 0.5) is 10.5 Å². The Morgan fingerprint density at radius 1 is 1.41 bits per heavy atom. The minimum atomic E-state index is -0.466. The van der Waals surface area contributed by atoms with Crippen LogP contribution in [0.2, 0.25) is 5.02 Å². The number of carbonyl (C=O) groups excluding carboxylic acids is 1. The lowest BCUT2D eigenvalue weighted by atomic mass is 10.2. The van der Waals surface area contributed by atoms with Gasteiger partial charge in [-0.15, -0.1) is 0 Å². The van der Waals surface area contributed by atoms with Crippen molar-refractivity contribution in [1.29, 1.82) is 0 Å². The van der Waals surface area contributed by atoms with Crippen molar-refractivity contribution in [3.63, 3.8) is 0 Å². The number of amides is 1. The fourth-order valence-electron chi connectivity index (χ4n) is 2.36. The molecule has 122 valence electrons. The van der Waals surface area contributed by atoms with E-state index >= 15 is 0 Å². The molecule has 0 radical (unpaired) electrons. The molecule has 22 heavy (non-hydrogen) atoms. The third-order valence-electron chi connectivity index (χ3n) is 3.36. The Balaban J connectivity index is 1.92. The van der Waals surface area contributed by atoms with Crippen LogP contribution in [-0.2, 0) is 4.74 Å². The maximum Gasteiger partial charge on any atom is 0.410 e. The van der Waals surface area contributed by atoms with Crippen molar-refractivity contribution in [2.75, 3.05) is 25.5 Å². The highest BCUT2D eigenvalue weighted by Crippen LogP contribution is 2.28. The fourth-order valence-corrected chi connectivity index (χ4v) is 2.55. The van der Waals surface area contributed by atoms with Crippen LogP contribution in [0.15, 0.2) is 18.2 Å². The van der Waals surface area contributed by atoms with Crippen LogP contribution in [0, 0.1) is 0 Å². The Kier molecular flexibility index (Phi) is 5.06. The van der Waals surface area contributed by atoms with Crippen molar-refractivity contribution in [2.45, 2.75) is 38.8 Å². The molecule has 5 nitrogen and oxygen atoms in total. The van der Waals surface area contributed by atoms with Gasteiger partial charge in [0.15, 0.2) is 0 Å². The summed E-state index contributed by atoms with van der Waals surface area (Å²) >= 11 is 6.02. The largest absolute Gasteiger partial charge is 0.495 e. The van der Waals surface area contributed by atoms with Crippen LogP contribution in [0.1, 0.15) is 27.2 Å². The molecule has 6 heteroatoms. The van der Waals surface area contributed by atoms with E-state index in [-0.39, 0.29) is 12.1 Å². The monoisotopic (exact) mass is 326 g/mol. The maximum absolute atomic E-state index is 12.0. The highest BCUT2D eigenvalue weighted by Gasteiger charge is 2.29. The Morgan fingerprint density at radius 2 is 2.14 bits per heavy atom. The standard InChI is InChI=1S/C16H23ClN2O3/c1-16(2,3)22-15(20)19-8-7-12(10-19)18-11-5-6-13(17)14(9-11)21-4/h5-6,9,12,18H,7-8,10H2,1-4H3. The summed E-state index contributed by atoms with van der Waals surface area (Å²) in [4.78, 5) is 13.8. The molecule has 1 aromatic rings. The molecule has 0 aromatic heterocycles. The van der Waals surface area contributed by atoms with E-state index in [0.29, 0.717) is 23.9 Å². The predicted molar refractivity (Wildman–Crippen MR) is 87.8 cm³/mol. The fraction of sp³-hybridized carbons (Fsp3) is 0.562. The van der Waals surface area contributed by atoms with Gasteiger partial charge in [0.1, 0.15) is 11.4 Å². The van der Waals surface area contributed by atoms with Crippen molar-refractivity contribution in [2.24, 2.45) is 0 Å². The molecule has 1 N–H and O–H groups in total. The lowest BCUT2D eigenvalue weighted by Gasteiger charge is -2.24. The topological polar surface area (TPSA) is 50.8 Å². The molecule has 0 bridgehead atoms. The van der Waals surface area contributed by atoms with Crippen molar-refractivity contribution in [1.82, 2.24) is 4.90 Å². The molecule has 1 amide bonds. The summed E-state index contributed by atoms with van der Waals surface area (Å²) in [5.41, 5.74) is 0.462. The van der Waals surface area contributed by atoms with E-state index in [1.54, 1.807) is 18.1 Å². The number of likely N-dealkylation sites (tertiary alicyclic amines) is 1. The summed E-state index contributed by atoms with van der Waals surface area (Å²) in [6.07, 6.45) is 0.620. The lowest BCUT2D eigenvalue weighted by molar-refractivity contribution is 0.0293. The van der Waals surface area contributed by atoms with Crippen molar-refractivity contribution in [3.05, 3.63) is 23.2 Å². The van der Waals surface area contributed by atoms with Crippen LogP contribution < -0.4 is 10.1 Å². The number of methoxy groups -OCH3 is 1. The van der Waals surface area contributed by atoms with Crippen LogP contribution in [-0.4, -0.2) is 42.8 Å². The van der Waals surface area contributed by atoms with E-state index in [1.807, 2.05) is 32.9 Å². The van der Waals surface area contributed by atoms with Crippen LogP contribution >= 0.6 is 11.6 Å². The first-order valence-corrected chi connectivity index (χ1v) is 7.74. The SMILES string of the molecule is COc1cc(NC2CCN(C(=O)OC(C)(C)C)C2)ccc1Cl. The minimum Gasteiger partial charge on any atom is -0.495 e. The van der Waals surface area contributed by atoms with Crippen molar-refractivity contribution < 1.29 is 14.3 Å². The molecule has 0 saturated carbocycles. The summed E-state index contributed by atoms with van der Waals surface area (Å²) in [5, 5.41) is 3.98. The molecule has 1 atom stereocenters. The molecule has 1 saturated heterocycles. The molecule has 1 aromatic carbocycles. The zero-order valence-corrected chi connectivity index (χ0v) is 14.2. The van der Waals surface area contributed by atoms with E-state index in [4.69, 9.17) is 21.1 Å². The summed E-state index contributed by atoms with van der Waals surface area (Å²) in [5.74, 6) is 0.633. The molecule has 1 unspecified atom stereocenters. The Morgan fingerprint density at radius 3 is 2.77 bits per heavy atom. The van der Waals surface area contributed by atoms with Gasteiger partial charge in [-0.05, 0) is 39.3 Å². The van der Waals surface area contributed by atoms with Gasteiger partial charge in [0, 0.05) is 30.9 Å². The number of ether oxygens (including phenoxy) is 2. The zero-order valence-electron chi connectivity index (χ0n) is 13.5. The first-order chi connectivity index (χ1) is 10.3. The number of hydrogen-bond acceptors (Lipinski definition) is 4. The molecule has 0 aliphatic carbocycles. The normalized spacial score (nSPS) is 18.2. The van der Waals surface area contributed by atoms with Gasteiger partial charge in [-0.3, -0.25) is 0 Å². The first kappa shape index (κ1) is 16.7. The van der Waals surface area contributed by atoms with Gasteiger partial charge in [0.05, 0.1) is 12.1 Å².